The Morgan fingerprint density at radius 1 is 1.47 bits per heavy atom. The van der Waals surface area contributed by atoms with E-state index in [1.807, 2.05) is 0 Å². The van der Waals surface area contributed by atoms with E-state index in [4.69, 9.17) is 0 Å². The second-order valence-corrected chi connectivity index (χ2v) is 2.39. The molecule has 0 atom stereocenters. The predicted octanol–water partition coefficient (Wildman–Crippen LogP) is 1.33. The minimum Gasteiger partial charge on any atom is -0.404 e. The lowest BCUT2D eigenvalue weighted by Gasteiger charge is -2.03. The fraction of sp³-hybridized carbons (Fsp3) is 0. The molecule has 0 radical (unpaired) electrons. The SMILES string of the molecule is NC(=O)Oc1c(F)ccc([N+](=O)[O-])c1F. The van der Waals surface area contributed by atoms with E-state index >= 15 is 0 Å². The minimum atomic E-state index is -1.58. The fourth-order valence-electron chi connectivity index (χ4n) is 0.857. The second-order valence-electron chi connectivity index (χ2n) is 2.39. The van der Waals surface area contributed by atoms with Crippen molar-refractivity contribution in [2.24, 2.45) is 5.73 Å². The molecule has 0 aromatic heterocycles. The van der Waals surface area contributed by atoms with Gasteiger partial charge in [0, 0.05) is 6.07 Å². The van der Waals surface area contributed by atoms with Gasteiger partial charge in [0.25, 0.3) is 0 Å². The largest absolute Gasteiger partial charge is 0.410 e. The van der Waals surface area contributed by atoms with Crippen LogP contribution in [0.3, 0.4) is 0 Å². The van der Waals surface area contributed by atoms with Gasteiger partial charge in [0.15, 0.2) is 5.82 Å². The number of benzene rings is 1. The molecule has 0 bridgehead atoms. The number of hydrogen-bond acceptors (Lipinski definition) is 4. The number of nitrogens with two attached hydrogens (primary N) is 1. The van der Waals surface area contributed by atoms with Crippen molar-refractivity contribution in [2.45, 2.75) is 0 Å². The van der Waals surface area contributed by atoms with Gasteiger partial charge in [-0.05, 0) is 6.07 Å². The molecule has 6 nitrogen and oxygen atoms in total. The molecule has 1 rings (SSSR count). The van der Waals surface area contributed by atoms with Gasteiger partial charge in [0.1, 0.15) is 0 Å². The second kappa shape index (κ2) is 3.86. The number of nitro benzene ring substituents is 1. The van der Waals surface area contributed by atoms with Crippen LogP contribution in [-0.2, 0) is 0 Å². The Balaban J connectivity index is 3.29. The van der Waals surface area contributed by atoms with E-state index in [0.29, 0.717) is 12.1 Å². The molecule has 0 aliphatic rings. The highest BCUT2D eigenvalue weighted by atomic mass is 19.1. The van der Waals surface area contributed by atoms with Crippen molar-refractivity contribution < 1.29 is 23.2 Å². The average molecular weight is 218 g/mol. The standard InChI is InChI=1S/C7H4F2N2O4/c8-3-1-2-4(11(13)14)5(9)6(3)15-7(10)12/h1-2H,(H2,10,12). The van der Waals surface area contributed by atoms with Gasteiger partial charge >= 0.3 is 11.8 Å². The summed E-state index contributed by atoms with van der Waals surface area (Å²) in [7, 11) is 0. The zero-order valence-corrected chi connectivity index (χ0v) is 7.07. The van der Waals surface area contributed by atoms with Gasteiger partial charge in [-0.15, -0.1) is 0 Å². The Labute approximate surface area is 81.4 Å². The quantitative estimate of drug-likeness (QED) is 0.598. The van der Waals surface area contributed by atoms with Crippen molar-refractivity contribution in [2.75, 3.05) is 0 Å². The maximum Gasteiger partial charge on any atom is 0.410 e. The highest BCUT2D eigenvalue weighted by Gasteiger charge is 2.23. The van der Waals surface area contributed by atoms with Crippen molar-refractivity contribution >= 4 is 11.8 Å². The monoisotopic (exact) mass is 218 g/mol. The molecule has 0 fully saturated rings. The van der Waals surface area contributed by atoms with E-state index in [9.17, 15) is 23.7 Å². The molecular formula is C7H4F2N2O4. The first-order valence-electron chi connectivity index (χ1n) is 3.53. The van der Waals surface area contributed by atoms with Crippen LogP contribution in [0.4, 0.5) is 19.3 Å². The normalized spacial score (nSPS) is 9.73. The van der Waals surface area contributed by atoms with Crippen LogP contribution in [0.5, 0.6) is 5.75 Å². The Bertz CT molecular complexity index is 435. The topological polar surface area (TPSA) is 95.5 Å². The molecule has 1 amide bonds. The Hall–Kier alpha value is -2.25. The van der Waals surface area contributed by atoms with Crippen molar-refractivity contribution in [1.29, 1.82) is 0 Å². The van der Waals surface area contributed by atoms with Crippen LogP contribution in [0.15, 0.2) is 12.1 Å². The zero-order valence-electron chi connectivity index (χ0n) is 7.07. The summed E-state index contributed by atoms with van der Waals surface area (Å²) < 4.78 is 29.9. The zero-order chi connectivity index (χ0) is 11.6. The number of carbonyl (C=O) groups excluding carboxylic acids is 1. The molecule has 2 N–H and O–H groups in total. The predicted molar refractivity (Wildman–Crippen MR) is 43.2 cm³/mol. The maximum absolute atomic E-state index is 13.1. The Morgan fingerprint density at radius 2 is 2.07 bits per heavy atom. The van der Waals surface area contributed by atoms with E-state index in [1.165, 1.54) is 0 Å². The molecule has 8 heteroatoms. The number of primary amides is 1. The third-order valence-electron chi connectivity index (χ3n) is 1.43. The summed E-state index contributed by atoms with van der Waals surface area (Å²) in [6, 6.07) is 1.21. The number of amides is 1. The van der Waals surface area contributed by atoms with Gasteiger partial charge < -0.3 is 10.5 Å². The summed E-state index contributed by atoms with van der Waals surface area (Å²) >= 11 is 0. The molecule has 0 heterocycles. The summed E-state index contributed by atoms with van der Waals surface area (Å²) in [5.74, 6) is -4.02. The number of hydrogen-bond donors (Lipinski definition) is 1. The van der Waals surface area contributed by atoms with E-state index < -0.39 is 34.1 Å². The lowest BCUT2D eigenvalue weighted by molar-refractivity contribution is -0.387. The van der Waals surface area contributed by atoms with Crippen molar-refractivity contribution in [1.82, 2.24) is 0 Å². The molecule has 1 aromatic carbocycles. The minimum absolute atomic E-state index is 0.597. The van der Waals surface area contributed by atoms with Gasteiger partial charge in [0.2, 0.25) is 11.6 Å². The Morgan fingerprint density at radius 3 is 2.53 bits per heavy atom. The van der Waals surface area contributed by atoms with E-state index in [0.717, 1.165) is 0 Å². The third-order valence-corrected chi connectivity index (χ3v) is 1.43. The van der Waals surface area contributed by atoms with Gasteiger partial charge in [-0.3, -0.25) is 10.1 Å². The fourth-order valence-corrected chi connectivity index (χ4v) is 0.857. The van der Waals surface area contributed by atoms with Crippen LogP contribution in [0.25, 0.3) is 0 Å². The van der Waals surface area contributed by atoms with E-state index in [-0.39, 0.29) is 0 Å². The van der Waals surface area contributed by atoms with Gasteiger partial charge in [0.05, 0.1) is 4.92 Å². The van der Waals surface area contributed by atoms with Crippen LogP contribution in [-0.4, -0.2) is 11.0 Å². The summed E-state index contributed by atoms with van der Waals surface area (Å²) in [6.45, 7) is 0. The molecule has 0 aliphatic heterocycles. The highest BCUT2D eigenvalue weighted by molar-refractivity contribution is 5.68. The van der Waals surface area contributed by atoms with E-state index in [1.54, 1.807) is 0 Å². The van der Waals surface area contributed by atoms with Crippen molar-refractivity contribution in [3.8, 4) is 5.75 Å². The number of rotatable bonds is 2. The van der Waals surface area contributed by atoms with Crippen LogP contribution < -0.4 is 10.5 Å². The van der Waals surface area contributed by atoms with Crippen LogP contribution in [0.1, 0.15) is 0 Å². The van der Waals surface area contributed by atoms with Crippen LogP contribution in [0, 0.1) is 21.7 Å². The molecule has 0 saturated heterocycles. The molecule has 15 heavy (non-hydrogen) atoms. The summed E-state index contributed by atoms with van der Waals surface area (Å²) in [4.78, 5) is 19.4. The smallest absolute Gasteiger partial charge is 0.404 e. The van der Waals surface area contributed by atoms with Crippen molar-refractivity contribution in [3.63, 3.8) is 0 Å². The molecule has 0 unspecified atom stereocenters. The molecule has 1 aromatic rings. The van der Waals surface area contributed by atoms with Gasteiger partial charge in [-0.2, -0.15) is 4.39 Å². The van der Waals surface area contributed by atoms with Crippen LogP contribution in [0.2, 0.25) is 0 Å². The Kier molecular flexibility index (Phi) is 2.79. The first-order chi connectivity index (χ1) is 6.93. The molecule has 0 saturated carbocycles. The summed E-state index contributed by atoms with van der Waals surface area (Å²) in [5.41, 5.74) is 3.52. The molecule has 80 valence electrons. The number of ether oxygens (including phenoxy) is 1. The summed E-state index contributed by atoms with van der Waals surface area (Å²) in [6.07, 6.45) is -1.46. The maximum atomic E-state index is 13.1. The molecular weight excluding hydrogens is 214 g/mol. The first kappa shape index (κ1) is 10.8. The summed E-state index contributed by atoms with van der Waals surface area (Å²) in [5, 5.41) is 10.2. The number of carbonyl (C=O) groups is 1. The highest BCUT2D eigenvalue weighted by Crippen LogP contribution is 2.29. The van der Waals surface area contributed by atoms with E-state index in [2.05, 4.69) is 10.5 Å². The lowest BCUT2D eigenvalue weighted by Crippen LogP contribution is -2.18. The number of nitro groups is 1. The van der Waals surface area contributed by atoms with Gasteiger partial charge in [-0.1, -0.05) is 0 Å². The average Bonchev–Trinajstić information content (AvgIpc) is 2.11. The molecule has 0 aliphatic carbocycles. The lowest BCUT2D eigenvalue weighted by atomic mass is 10.3. The van der Waals surface area contributed by atoms with Crippen molar-refractivity contribution in [3.05, 3.63) is 33.9 Å². The molecule has 0 spiro atoms. The van der Waals surface area contributed by atoms with Crippen LogP contribution >= 0.6 is 0 Å². The third kappa shape index (κ3) is 2.16. The first-order valence-corrected chi connectivity index (χ1v) is 3.53. The number of halogens is 2. The number of nitrogens with zero attached hydrogens (tertiary/aromatic N) is 1. The van der Waals surface area contributed by atoms with Gasteiger partial charge in [-0.25, -0.2) is 9.18 Å².